The van der Waals surface area contributed by atoms with E-state index in [1.54, 1.807) is 0 Å². The average molecular weight is 253 g/mol. The van der Waals surface area contributed by atoms with Gasteiger partial charge in [0, 0.05) is 13.0 Å². The first-order valence-corrected chi connectivity index (χ1v) is 5.59. The van der Waals surface area contributed by atoms with Crippen molar-refractivity contribution in [1.82, 2.24) is 19.6 Å². The smallest absolute Gasteiger partial charge is 0.255 e. The summed E-state index contributed by atoms with van der Waals surface area (Å²) in [5, 5.41) is 10.1. The molecule has 0 fully saturated rings. The van der Waals surface area contributed by atoms with Crippen LogP contribution in [-0.4, -0.2) is 32.0 Å². The van der Waals surface area contributed by atoms with Crippen LogP contribution in [0.1, 0.15) is 16.2 Å². The van der Waals surface area contributed by atoms with Gasteiger partial charge in [-0.1, -0.05) is 0 Å². The molecule has 0 radical (unpaired) electrons. The fourth-order valence-electron chi connectivity index (χ4n) is 1.31. The van der Waals surface area contributed by atoms with Crippen LogP contribution in [0, 0.1) is 0 Å². The molecular weight excluding hydrogens is 242 g/mol. The fourth-order valence-corrected chi connectivity index (χ4v) is 2.05. The zero-order chi connectivity index (χ0) is 12.3. The van der Waals surface area contributed by atoms with E-state index in [0.29, 0.717) is 18.0 Å². The van der Waals surface area contributed by atoms with Gasteiger partial charge in [-0.05, 0) is 11.5 Å². The summed E-state index contributed by atoms with van der Waals surface area (Å²) in [6.45, 7) is 0.580. The van der Waals surface area contributed by atoms with E-state index in [2.05, 4.69) is 24.9 Å². The highest BCUT2D eigenvalue weighted by Crippen LogP contribution is 2.25. The zero-order valence-corrected chi connectivity index (χ0v) is 9.62. The molecule has 0 saturated heterocycles. The molecule has 9 heteroatoms. The van der Waals surface area contributed by atoms with Crippen LogP contribution >= 0.6 is 11.5 Å². The van der Waals surface area contributed by atoms with Crippen molar-refractivity contribution >= 4 is 28.3 Å². The van der Waals surface area contributed by atoms with Crippen LogP contribution in [0.3, 0.4) is 0 Å². The predicted octanol–water partition coefficient (Wildman–Crippen LogP) is -0.403. The molecule has 0 bridgehead atoms. The molecule has 90 valence electrons. The zero-order valence-electron chi connectivity index (χ0n) is 8.80. The number of anilines is 2. The van der Waals surface area contributed by atoms with Gasteiger partial charge in [0.1, 0.15) is 22.7 Å². The first-order valence-electron chi connectivity index (χ1n) is 4.81. The maximum atomic E-state index is 11.1. The number of carbonyl (C=O) groups is 1. The van der Waals surface area contributed by atoms with Gasteiger partial charge in [0.2, 0.25) is 0 Å². The molecule has 0 aliphatic heterocycles. The van der Waals surface area contributed by atoms with Crippen molar-refractivity contribution in [2.45, 2.75) is 6.42 Å². The van der Waals surface area contributed by atoms with Crippen LogP contribution in [0.2, 0.25) is 0 Å². The van der Waals surface area contributed by atoms with Crippen molar-refractivity contribution in [1.29, 1.82) is 0 Å². The molecule has 2 heterocycles. The average Bonchev–Trinajstić information content (AvgIpc) is 2.88. The minimum Gasteiger partial charge on any atom is -0.382 e. The first kappa shape index (κ1) is 11.3. The van der Waals surface area contributed by atoms with Gasteiger partial charge in [0.15, 0.2) is 5.82 Å². The standard InChI is InChI=1S/C8H11N7OS/c9-6-5(7(10)16)8(17-15-6)11-2-1-4-12-3-13-14-4/h3,11H,1-2H2,(H2,9,15)(H2,10,16)(H,12,13,14). The predicted molar refractivity (Wildman–Crippen MR) is 63.6 cm³/mol. The Morgan fingerprint density at radius 3 is 3.06 bits per heavy atom. The summed E-state index contributed by atoms with van der Waals surface area (Å²) in [5.74, 6) is 0.332. The monoisotopic (exact) mass is 253 g/mol. The third-order valence-electron chi connectivity index (χ3n) is 2.08. The van der Waals surface area contributed by atoms with E-state index in [4.69, 9.17) is 11.5 Å². The molecule has 0 unspecified atom stereocenters. The number of hydrogen-bond donors (Lipinski definition) is 4. The summed E-state index contributed by atoms with van der Waals surface area (Å²) in [7, 11) is 0. The van der Waals surface area contributed by atoms with E-state index in [0.717, 1.165) is 17.4 Å². The number of carbonyl (C=O) groups excluding carboxylic acids is 1. The van der Waals surface area contributed by atoms with E-state index in [-0.39, 0.29) is 11.4 Å². The number of nitrogens with one attached hydrogen (secondary N) is 2. The summed E-state index contributed by atoms with van der Waals surface area (Å²) in [6, 6.07) is 0. The Labute approximate surface area is 101 Å². The number of rotatable bonds is 5. The van der Waals surface area contributed by atoms with Crippen molar-refractivity contribution in [3.05, 3.63) is 17.7 Å². The van der Waals surface area contributed by atoms with Crippen LogP contribution < -0.4 is 16.8 Å². The largest absolute Gasteiger partial charge is 0.382 e. The molecule has 2 rings (SSSR count). The lowest BCUT2D eigenvalue weighted by atomic mass is 10.3. The lowest BCUT2D eigenvalue weighted by molar-refractivity contribution is 0.100. The topological polar surface area (TPSA) is 136 Å². The quantitative estimate of drug-likeness (QED) is 0.572. The van der Waals surface area contributed by atoms with Gasteiger partial charge in [0.05, 0.1) is 0 Å². The van der Waals surface area contributed by atoms with E-state index in [1.807, 2.05) is 0 Å². The molecule has 0 aromatic carbocycles. The highest BCUT2D eigenvalue weighted by Gasteiger charge is 2.16. The Balaban J connectivity index is 1.97. The molecule has 2 aromatic rings. The highest BCUT2D eigenvalue weighted by molar-refractivity contribution is 7.11. The van der Waals surface area contributed by atoms with Gasteiger partial charge >= 0.3 is 0 Å². The molecule has 0 aliphatic carbocycles. The number of nitrogens with two attached hydrogens (primary N) is 2. The Morgan fingerprint density at radius 1 is 1.59 bits per heavy atom. The number of nitrogen functional groups attached to an aromatic ring is 1. The minimum atomic E-state index is -0.585. The van der Waals surface area contributed by atoms with Crippen molar-refractivity contribution in [2.75, 3.05) is 17.6 Å². The number of hydrogen-bond acceptors (Lipinski definition) is 7. The molecule has 6 N–H and O–H groups in total. The van der Waals surface area contributed by atoms with Gasteiger partial charge in [0.25, 0.3) is 5.91 Å². The SMILES string of the molecule is NC(=O)c1c(N)nsc1NCCc1ncn[nH]1. The normalized spacial score (nSPS) is 10.4. The van der Waals surface area contributed by atoms with E-state index < -0.39 is 5.91 Å². The van der Waals surface area contributed by atoms with Crippen LogP contribution in [0.15, 0.2) is 6.33 Å². The number of amides is 1. The van der Waals surface area contributed by atoms with Crippen LogP contribution in [0.5, 0.6) is 0 Å². The number of aromatic amines is 1. The van der Waals surface area contributed by atoms with Crippen molar-refractivity contribution in [2.24, 2.45) is 5.73 Å². The minimum absolute atomic E-state index is 0.157. The highest BCUT2D eigenvalue weighted by atomic mass is 32.1. The van der Waals surface area contributed by atoms with E-state index in [9.17, 15) is 4.79 Å². The lowest BCUT2D eigenvalue weighted by Gasteiger charge is -2.03. The van der Waals surface area contributed by atoms with Gasteiger partial charge in [-0.3, -0.25) is 9.89 Å². The Hall–Kier alpha value is -2.16. The van der Waals surface area contributed by atoms with E-state index >= 15 is 0 Å². The molecule has 2 aromatic heterocycles. The molecule has 0 atom stereocenters. The van der Waals surface area contributed by atoms with Gasteiger partial charge in [-0.15, -0.1) is 0 Å². The molecule has 0 saturated carbocycles. The van der Waals surface area contributed by atoms with Crippen LogP contribution in [-0.2, 0) is 6.42 Å². The lowest BCUT2D eigenvalue weighted by Crippen LogP contribution is -2.15. The maximum absolute atomic E-state index is 11.1. The number of nitrogens with zero attached hydrogens (tertiary/aromatic N) is 3. The number of aromatic nitrogens is 4. The molecule has 8 nitrogen and oxygen atoms in total. The second kappa shape index (κ2) is 4.78. The van der Waals surface area contributed by atoms with Crippen molar-refractivity contribution in [3.8, 4) is 0 Å². The van der Waals surface area contributed by atoms with Gasteiger partial charge in [-0.2, -0.15) is 9.47 Å². The Morgan fingerprint density at radius 2 is 2.41 bits per heavy atom. The van der Waals surface area contributed by atoms with Gasteiger partial charge < -0.3 is 16.8 Å². The Kier molecular flexibility index (Phi) is 3.19. The van der Waals surface area contributed by atoms with Crippen LogP contribution in [0.4, 0.5) is 10.8 Å². The van der Waals surface area contributed by atoms with E-state index in [1.165, 1.54) is 6.33 Å². The molecule has 0 aliphatic rings. The summed E-state index contributed by atoms with van der Waals surface area (Å²) in [6.07, 6.45) is 2.09. The summed E-state index contributed by atoms with van der Waals surface area (Å²) < 4.78 is 3.87. The maximum Gasteiger partial charge on any atom is 0.255 e. The second-order valence-electron chi connectivity index (χ2n) is 3.25. The second-order valence-corrected chi connectivity index (χ2v) is 4.02. The summed E-state index contributed by atoms with van der Waals surface area (Å²) in [4.78, 5) is 15.1. The summed E-state index contributed by atoms with van der Waals surface area (Å²) in [5.41, 5.74) is 11.0. The Bertz CT molecular complexity index is 506. The summed E-state index contributed by atoms with van der Waals surface area (Å²) >= 11 is 1.11. The first-order chi connectivity index (χ1) is 8.18. The number of primary amides is 1. The number of H-pyrrole nitrogens is 1. The van der Waals surface area contributed by atoms with Crippen molar-refractivity contribution in [3.63, 3.8) is 0 Å². The van der Waals surface area contributed by atoms with Crippen molar-refractivity contribution < 1.29 is 4.79 Å². The fraction of sp³-hybridized carbons (Fsp3) is 0.250. The third kappa shape index (κ3) is 2.50. The molecule has 0 spiro atoms. The molecule has 1 amide bonds. The van der Waals surface area contributed by atoms with Crippen LogP contribution in [0.25, 0.3) is 0 Å². The molecular formula is C8H11N7OS. The van der Waals surface area contributed by atoms with Gasteiger partial charge in [-0.25, -0.2) is 4.98 Å². The third-order valence-corrected chi connectivity index (χ3v) is 2.90. The molecule has 17 heavy (non-hydrogen) atoms.